The molecule has 1 aliphatic heterocycles. The van der Waals surface area contributed by atoms with E-state index in [9.17, 15) is 10.2 Å². The number of hydrogen-bond donors (Lipinski definition) is 3. The fourth-order valence-corrected chi connectivity index (χ4v) is 3.11. The molecule has 0 atom stereocenters. The second-order valence-electron chi connectivity index (χ2n) is 6.28. The first kappa shape index (κ1) is 16.2. The van der Waals surface area contributed by atoms with Gasteiger partial charge in [0.05, 0.1) is 5.69 Å². The Balaban J connectivity index is 1.66. The number of phenols is 2. The Labute approximate surface area is 151 Å². The van der Waals surface area contributed by atoms with Crippen LogP contribution in [-0.4, -0.2) is 20.2 Å². The highest BCUT2D eigenvalue weighted by Crippen LogP contribution is 2.31. The molecule has 0 fully saturated rings. The van der Waals surface area contributed by atoms with Crippen molar-refractivity contribution in [2.45, 2.75) is 26.5 Å². The predicted octanol–water partition coefficient (Wildman–Crippen LogP) is 3.29. The first-order valence-electron chi connectivity index (χ1n) is 8.42. The summed E-state index contributed by atoms with van der Waals surface area (Å²) in [7, 11) is 0. The van der Waals surface area contributed by atoms with Gasteiger partial charge in [0.15, 0.2) is 0 Å². The molecule has 0 saturated heterocycles. The lowest BCUT2D eigenvalue weighted by Crippen LogP contribution is -2.11. The molecule has 1 aromatic heterocycles. The molecular formula is C20H19N3O3. The number of hydrogen-bond acceptors (Lipinski definition) is 6. The first-order chi connectivity index (χ1) is 12.6. The van der Waals surface area contributed by atoms with E-state index in [1.165, 1.54) is 6.07 Å². The summed E-state index contributed by atoms with van der Waals surface area (Å²) in [5.41, 5.74) is 3.64. The molecule has 0 saturated carbocycles. The summed E-state index contributed by atoms with van der Waals surface area (Å²) in [4.78, 5) is 9.10. The zero-order chi connectivity index (χ0) is 18.1. The number of aromatic hydroxyl groups is 2. The SMILES string of the molecule is Cc1nc2c(c(NCc3ccc(O)cc3O)n1)Cc1ccccc1OC2. The van der Waals surface area contributed by atoms with Crippen molar-refractivity contribution >= 4 is 5.82 Å². The zero-order valence-corrected chi connectivity index (χ0v) is 14.4. The van der Waals surface area contributed by atoms with Crippen LogP contribution in [0.4, 0.5) is 5.82 Å². The van der Waals surface area contributed by atoms with Crippen LogP contribution in [0.1, 0.15) is 28.2 Å². The lowest BCUT2D eigenvalue weighted by molar-refractivity contribution is 0.302. The third-order valence-electron chi connectivity index (χ3n) is 4.42. The Morgan fingerprint density at radius 3 is 2.81 bits per heavy atom. The predicted molar refractivity (Wildman–Crippen MR) is 97.4 cm³/mol. The van der Waals surface area contributed by atoms with Crippen LogP contribution < -0.4 is 10.1 Å². The third kappa shape index (κ3) is 3.13. The van der Waals surface area contributed by atoms with Crippen LogP contribution in [-0.2, 0) is 19.6 Å². The summed E-state index contributed by atoms with van der Waals surface area (Å²) in [5, 5.41) is 22.7. The van der Waals surface area contributed by atoms with E-state index >= 15 is 0 Å². The number of nitrogens with one attached hydrogen (secondary N) is 1. The van der Waals surface area contributed by atoms with Crippen molar-refractivity contribution in [1.29, 1.82) is 0 Å². The van der Waals surface area contributed by atoms with Crippen molar-refractivity contribution in [3.63, 3.8) is 0 Å². The van der Waals surface area contributed by atoms with Gasteiger partial charge in [0, 0.05) is 30.2 Å². The third-order valence-corrected chi connectivity index (χ3v) is 4.42. The summed E-state index contributed by atoms with van der Waals surface area (Å²) in [5.74, 6) is 2.34. The highest BCUT2D eigenvalue weighted by atomic mass is 16.5. The van der Waals surface area contributed by atoms with Crippen LogP contribution in [0, 0.1) is 6.92 Å². The second-order valence-corrected chi connectivity index (χ2v) is 6.28. The van der Waals surface area contributed by atoms with E-state index in [-0.39, 0.29) is 11.5 Å². The summed E-state index contributed by atoms with van der Waals surface area (Å²) in [6.07, 6.45) is 0.676. The molecule has 0 spiro atoms. The van der Waals surface area contributed by atoms with E-state index in [4.69, 9.17) is 4.74 Å². The largest absolute Gasteiger partial charge is 0.508 e. The molecule has 2 heterocycles. The molecule has 132 valence electrons. The monoisotopic (exact) mass is 349 g/mol. The molecule has 0 radical (unpaired) electrons. The molecule has 0 unspecified atom stereocenters. The number of ether oxygens (including phenoxy) is 1. The normalized spacial score (nSPS) is 12.5. The van der Waals surface area contributed by atoms with Gasteiger partial charge in [-0.15, -0.1) is 0 Å². The van der Waals surface area contributed by atoms with E-state index in [2.05, 4.69) is 15.3 Å². The van der Waals surface area contributed by atoms with Gasteiger partial charge in [0.2, 0.25) is 0 Å². The van der Waals surface area contributed by atoms with Crippen molar-refractivity contribution < 1.29 is 14.9 Å². The number of para-hydroxylation sites is 1. The summed E-state index contributed by atoms with van der Waals surface area (Å²) >= 11 is 0. The summed E-state index contributed by atoms with van der Waals surface area (Å²) < 4.78 is 5.89. The van der Waals surface area contributed by atoms with Crippen LogP contribution in [0.5, 0.6) is 17.2 Å². The zero-order valence-electron chi connectivity index (χ0n) is 14.4. The van der Waals surface area contributed by atoms with Gasteiger partial charge in [0.1, 0.15) is 35.5 Å². The van der Waals surface area contributed by atoms with Gasteiger partial charge in [-0.25, -0.2) is 9.97 Å². The number of rotatable bonds is 3. The Bertz CT molecular complexity index is 973. The second kappa shape index (κ2) is 6.55. The Morgan fingerprint density at radius 1 is 1.12 bits per heavy atom. The van der Waals surface area contributed by atoms with Crippen LogP contribution in [0.25, 0.3) is 0 Å². The van der Waals surface area contributed by atoms with Crippen molar-refractivity contribution in [3.05, 3.63) is 70.7 Å². The number of fused-ring (bicyclic) bond motifs is 2. The highest BCUT2D eigenvalue weighted by molar-refractivity contribution is 5.53. The fourth-order valence-electron chi connectivity index (χ4n) is 3.11. The van der Waals surface area contributed by atoms with Crippen LogP contribution in [0.3, 0.4) is 0 Å². The Hall–Kier alpha value is -3.28. The average Bonchev–Trinajstić information content (AvgIpc) is 2.80. The van der Waals surface area contributed by atoms with E-state index in [0.29, 0.717) is 31.0 Å². The van der Waals surface area contributed by atoms with Crippen LogP contribution in [0.2, 0.25) is 0 Å². The van der Waals surface area contributed by atoms with Gasteiger partial charge in [-0.2, -0.15) is 0 Å². The number of benzene rings is 2. The van der Waals surface area contributed by atoms with E-state index in [1.54, 1.807) is 12.1 Å². The van der Waals surface area contributed by atoms with Gasteiger partial charge < -0.3 is 20.3 Å². The van der Waals surface area contributed by atoms with Gasteiger partial charge in [-0.05, 0) is 30.7 Å². The minimum absolute atomic E-state index is 0.0340. The van der Waals surface area contributed by atoms with Crippen molar-refractivity contribution in [1.82, 2.24) is 9.97 Å². The van der Waals surface area contributed by atoms with E-state index in [0.717, 1.165) is 28.4 Å². The molecule has 6 heteroatoms. The highest BCUT2D eigenvalue weighted by Gasteiger charge is 2.20. The number of phenolic OH excluding ortho intramolecular Hbond substituents is 2. The van der Waals surface area contributed by atoms with Crippen LogP contribution in [0.15, 0.2) is 42.5 Å². The number of aromatic nitrogens is 2. The average molecular weight is 349 g/mol. The minimum atomic E-state index is 0.0340. The van der Waals surface area contributed by atoms with E-state index in [1.807, 2.05) is 31.2 Å². The fraction of sp³-hybridized carbons (Fsp3) is 0.200. The maximum absolute atomic E-state index is 9.98. The summed E-state index contributed by atoms with van der Waals surface area (Å²) in [6, 6.07) is 12.5. The first-order valence-corrected chi connectivity index (χ1v) is 8.42. The van der Waals surface area contributed by atoms with E-state index < -0.39 is 0 Å². The number of anilines is 1. The molecule has 4 rings (SSSR count). The molecule has 3 N–H and O–H groups in total. The maximum Gasteiger partial charge on any atom is 0.133 e. The molecule has 26 heavy (non-hydrogen) atoms. The standard InChI is InChI=1S/C20H19N3O3/c1-12-22-17-11-26-19-5-3-2-4-13(19)8-16(17)20(23-12)21-10-14-6-7-15(24)9-18(14)25/h2-7,9,24-25H,8,10-11H2,1H3,(H,21,22,23). The smallest absolute Gasteiger partial charge is 0.133 e. The lowest BCUT2D eigenvalue weighted by Gasteiger charge is -2.14. The minimum Gasteiger partial charge on any atom is -0.508 e. The Kier molecular flexibility index (Phi) is 4.08. The molecule has 6 nitrogen and oxygen atoms in total. The Morgan fingerprint density at radius 2 is 1.96 bits per heavy atom. The van der Waals surface area contributed by atoms with Crippen molar-refractivity contribution in [2.75, 3.05) is 5.32 Å². The van der Waals surface area contributed by atoms with Crippen molar-refractivity contribution in [3.8, 4) is 17.2 Å². The van der Waals surface area contributed by atoms with Gasteiger partial charge in [0.25, 0.3) is 0 Å². The topological polar surface area (TPSA) is 87.5 Å². The maximum atomic E-state index is 9.98. The van der Waals surface area contributed by atoms with Crippen molar-refractivity contribution in [2.24, 2.45) is 0 Å². The summed E-state index contributed by atoms with van der Waals surface area (Å²) in [6.45, 7) is 2.63. The molecule has 0 bridgehead atoms. The molecule has 3 aromatic rings. The lowest BCUT2D eigenvalue weighted by atomic mass is 10.0. The number of aryl methyl sites for hydroxylation is 1. The van der Waals surface area contributed by atoms with Gasteiger partial charge in [-0.3, -0.25) is 0 Å². The van der Waals surface area contributed by atoms with Crippen LogP contribution >= 0.6 is 0 Å². The molecule has 0 amide bonds. The quantitative estimate of drug-likeness (QED) is 0.672. The molecule has 1 aliphatic rings. The molecular weight excluding hydrogens is 330 g/mol. The number of nitrogens with zero attached hydrogens (tertiary/aromatic N) is 2. The molecule has 0 aliphatic carbocycles. The molecule has 2 aromatic carbocycles. The van der Waals surface area contributed by atoms with Gasteiger partial charge >= 0.3 is 0 Å². The van der Waals surface area contributed by atoms with Gasteiger partial charge in [-0.1, -0.05) is 18.2 Å².